The lowest BCUT2D eigenvalue weighted by molar-refractivity contribution is -0.123. The standard InChI is InChI=1S/C46H69N/c1-2-3-5-18-34-39-27-38-31-17-9-8-16-30(31)33-20-13-21-35(42(33)38)44(39)46(40-23-10-11-26-47-40)45-36-22-12-19-32-29(28-14-6-4-7-15-28)24-25-37(41(32)36)43(34)45/h6,14,20,26,28-32,34-46H,2-5,7-13,15-19,21-25,27H2,1H3/t28?,29?,30?,31?,32?,34-,35?,36?,37?,38?,39?,40?,41?,42?,43?,44?,45?,46?/m1/s1. The highest BCUT2D eigenvalue weighted by molar-refractivity contribution is 5.58. The molecular formula is C46H69N. The summed E-state index contributed by atoms with van der Waals surface area (Å²) in [5.41, 5.74) is 2.05. The van der Waals surface area contributed by atoms with Gasteiger partial charge in [0.05, 0.1) is 6.04 Å². The van der Waals surface area contributed by atoms with Crippen molar-refractivity contribution in [2.75, 3.05) is 0 Å². The van der Waals surface area contributed by atoms with Crippen LogP contribution in [0, 0.1) is 101 Å². The second kappa shape index (κ2) is 12.7. The molecule has 0 aromatic heterocycles. The van der Waals surface area contributed by atoms with Crippen molar-refractivity contribution in [3.8, 4) is 0 Å². The number of hydrogen-bond donors (Lipinski definition) is 0. The van der Waals surface area contributed by atoms with Gasteiger partial charge in [0, 0.05) is 0 Å². The van der Waals surface area contributed by atoms with Crippen molar-refractivity contribution in [1.82, 2.24) is 0 Å². The van der Waals surface area contributed by atoms with Crippen LogP contribution in [0.4, 0.5) is 0 Å². The van der Waals surface area contributed by atoms with Gasteiger partial charge in [-0.05, 0) is 210 Å². The smallest absolute Gasteiger partial charge is 0.0529 e. The molecule has 0 saturated heterocycles. The number of hydrogen-bond acceptors (Lipinski definition) is 1. The fourth-order valence-corrected chi connectivity index (χ4v) is 17.5. The van der Waals surface area contributed by atoms with E-state index in [2.05, 4.69) is 31.4 Å². The van der Waals surface area contributed by atoms with Crippen LogP contribution in [0.3, 0.4) is 0 Å². The first-order chi connectivity index (χ1) is 23.3. The number of unbranched alkanes of at least 4 members (excludes halogenated alkanes) is 2. The van der Waals surface area contributed by atoms with Crippen LogP contribution in [0.5, 0.6) is 0 Å². The maximum atomic E-state index is 5.63. The quantitative estimate of drug-likeness (QED) is 0.203. The fraction of sp³-hybridized carbons (Fsp3) is 0.891. The molecule has 7 fully saturated rings. The highest BCUT2D eigenvalue weighted by atomic mass is 14.8. The second-order valence-corrected chi connectivity index (χ2v) is 19.7. The maximum absolute atomic E-state index is 5.63. The van der Waals surface area contributed by atoms with E-state index < -0.39 is 0 Å². The van der Waals surface area contributed by atoms with Crippen molar-refractivity contribution in [1.29, 1.82) is 0 Å². The molecule has 47 heavy (non-hydrogen) atoms. The first-order valence-electron chi connectivity index (χ1n) is 22.2. The molecule has 1 heterocycles. The van der Waals surface area contributed by atoms with Gasteiger partial charge < -0.3 is 0 Å². The third-order valence-corrected chi connectivity index (χ3v) is 18.4. The van der Waals surface area contributed by atoms with Gasteiger partial charge in [-0.15, -0.1) is 0 Å². The second-order valence-electron chi connectivity index (χ2n) is 19.7. The average Bonchev–Trinajstić information content (AvgIpc) is 3.64. The largest absolute Gasteiger partial charge is 0.294 e. The molecule has 10 rings (SSSR count). The summed E-state index contributed by atoms with van der Waals surface area (Å²) in [6.45, 7) is 2.46. The van der Waals surface area contributed by atoms with E-state index in [1.807, 2.05) is 5.57 Å². The van der Waals surface area contributed by atoms with Crippen molar-refractivity contribution >= 4 is 6.21 Å². The Morgan fingerprint density at radius 1 is 0.596 bits per heavy atom. The van der Waals surface area contributed by atoms with Crippen LogP contribution in [0.1, 0.15) is 148 Å². The summed E-state index contributed by atoms with van der Waals surface area (Å²) < 4.78 is 0. The van der Waals surface area contributed by atoms with Crippen LogP contribution in [0.15, 0.2) is 28.8 Å². The van der Waals surface area contributed by atoms with Crippen molar-refractivity contribution in [3.63, 3.8) is 0 Å². The minimum absolute atomic E-state index is 0.660. The minimum atomic E-state index is 0.660. The van der Waals surface area contributed by atoms with Gasteiger partial charge in [0.25, 0.3) is 0 Å². The van der Waals surface area contributed by atoms with E-state index in [1.54, 1.807) is 51.4 Å². The monoisotopic (exact) mass is 636 g/mol. The molecule has 9 aliphatic carbocycles. The van der Waals surface area contributed by atoms with Gasteiger partial charge in [0.1, 0.15) is 0 Å². The topological polar surface area (TPSA) is 12.4 Å². The van der Waals surface area contributed by atoms with Gasteiger partial charge in [-0.3, -0.25) is 4.99 Å². The predicted octanol–water partition coefficient (Wildman–Crippen LogP) is 12.1. The summed E-state index contributed by atoms with van der Waals surface area (Å²) in [7, 11) is 0. The van der Waals surface area contributed by atoms with Crippen LogP contribution in [0.2, 0.25) is 0 Å². The zero-order valence-corrected chi connectivity index (χ0v) is 30.2. The molecule has 0 radical (unpaired) electrons. The summed E-state index contributed by atoms with van der Waals surface area (Å²) in [6.07, 6.45) is 43.6. The molecule has 7 saturated carbocycles. The molecule has 1 heteroatoms. The van der Waals surface area contributed by atoms with E-state index in [1.165, 1.54) is 89.9 Å². The first kappa shape index (κ1) is 30.9. The third kappa shape index (κ3) is 4.81. The van der Waals surface area contributed by atoms with Crippen LogP contribution >= 0.6 is 0 Å². The van der Waals surface area contributed by atoms with Crippen molar-refractivity contribution in [2.24, 2.45) is 106 Å². The summed E-state index contributed by atoms with van der Waals surface area (Å²) in [5, 5.41) is 0. The molecule has 0 aromatic carbocycles. The lowest BCUT2D eigenvalue weighted by Crippen LogP contribution is -2.57. The van der Waals surface area contributed by atoms with E-state index in [0.717, 1.165) is 101 Å². The average molecular weight is 636 g/mol. The predicted molar refractivity (Wildman–Crippen MR) is 196 cm³/mol. The van der Waals surface area contributed by atoms with Crippen LogP contribution < -0.4 is 0 Å². The number of nitrogens with zero attached hydrogens (tertiary/aromatic N) is 1. The molecule has 10 aliphatic rings. The summed E-state index contributed by atoms with van der Waals surface area (Å²) in [4.78, 5) is 5.63. The SMILES string of the molecule is CCCCC[C@@H]1C2CC3C4CCCCC4C4=CCCC(C43)C2C(C2CCCC=N2)C2C3CCCC4C(C5C=CCCC5)CCC(C43)C21. The normalized spacial score (nSPS) is 54.1. The lowest BCUT2D eigenvalue weighted by atomic mass is 9.43. The van der Waals surface area contributed by atoms with Crippen LogP contribution in [0.25, 0.3) is 0 Å². The van der Waals surface area contributed by atoms with Crippen molar-refractivity contribution < 1.29 is 0 Å². The molecule has 1 nitrogen and oxygen atoms in total. The van der Waals surface area contributed by atoms with Gasteiger partial charge >= 0.3 is 0 Å². The Balaban J connectivity index is 1.08. The molecule has 0 bridgehead atoms. The molecule has 18 atom stereocenters. The van der Waals surface area contributed by atoms with Gasteiger partial charge in [0.15, 0.2) is 0 Å². The Kier molecular flexibility index (Phi) is 8.38. The Morgan fingerprint density at radius 2 is 1.45 bits per heavy atom. The summed E-state index contributed by atoms with van der Waals surface area (Å²) >= 11 is 0. The van der Waals surface area contributed by atoms with Gasteiger partial charge in [-0.2, -0.15) is 0 Å². The highest BCUT2D eigenvalue weighted by Crippen LogP contribution is 2.74. The van der Waals surface area contributed by atoms with Gasteiger partial charge in [-0.1, -0.05) is 69.2 Å². The maximum Gasteiger partial charge on any atom is 0.0529 e. The molecule has 17 unspecified atom stereocenters. The first-order valence-corrected chi connectivity index (χ1v) is 22.2. The number of aliphatic imine (C=N–C) groups is 1. The van der Waals surface area contributed by atoms with E-state index in [0.29, 0.717) is 6.04 Å². The zero-order chi connectivity index (χ0) is 31.1. The van der Waals surface area contributed by atoms with E-state index in [-0.39, 0.29) is 0 Å². The molecule has 0 N–H and O–H groups in total. The van der Waals surface area contributed by atoms with Crippen LogP contribution in [-0.2, 0) is 0 Å². The van der Waals surface area contributed by atoms with Crippen LogP contribution in [-0.4, -0.2) is 12.3 Å². The zero-order valence-electron chi connectivity index (χ0n) is 30.2. The Morgan fingerprint density at radius 3 is 2.32 bits per heavy atom. The summed E-state index contributed by atoms with van der Waals surface area (Å²) in [5.74, 6) is 17.2. The van der Waals surface area contributed by atoms with Gasteiger partial charge in [0.2, 0.25) is 0 Å². The number of rotatable bonds is 6. The van der Waals surface area contributed by atoms with E-state index in [4.69, 9.17) is 4.99 Å². The van der Waals surface area contributed by atoms with Gasteiger partial charge in [-0.25, -0.2) is 0 Å². The number of allylic oxidation sites excluding steroid dienone is 4. The van der Waals surface area contributed by atoms with Crippen molar-refractivity contribution in [3.05, 3.63) is 23.8 Å². The Hall–Kier alpha value is -0.850. The Bertz CT molecular complexity index is 1230. The molecule has 0 aromatic rings. The van der Waals surface area contributed by atoms with Crippen molar-refractivity contribution in [2.45, 2.75) is 154 Å². The lowest BCUT2D eigenvalue weighted by Gasteiger charge is -2.61. The van der Waals surface area contributed by atoms with E-state index >= 15 is 0 Å². The molecule has 1 aliphatic heterocycles. The highest BCUT2D eigenvalue weighted by Gasteiger charge is 2.69. The Labute approximate surface area is 289 Å². The molecular weight excluding hydrogens is 567 g/mol. The minimum Gasteiger partial charge on any atom is -0.294 e. The molecule has 258 valence electrons. The third-order valence-electron chi connectivity index (χ3n) is 18.4. The fourth-order valence-electron chi connectivity index (χ4n) is 17.5. The van der Waals surface area contributed by atoms with E-state index in [9.17, 15) is 0 Å². The summed E-state index contributed by atoms with van der Waals surface area (Å²) in [6, 6.07) is 0.660. The molecule has 0 amide bonds. The molecule has 0 spiro atoms. The number of fused-ring (bicyclic) bond motifs is 8.